The van der Waals surface area contributed by atoms with Crippen molar-refractivity contribution in [3.05, 3.63) is 186 Å². The van der Waals surface area contributed by atoms with Crippen LogP contribution in [0.4, 0.5) is 0 Å². The summed E-state index contributed by atoms with van der Waals surface area (Å²) in [6.07, 6.45) is 4.08. The molecule has 0 spiro atoms. The second-order valence-corrected chi connectivity index (χ2v) is 15.4. The summed E-state index contributed by atoms with van der Waals surface area (Å²) in [6, 6.07) is 52.9. The van der Waals surface area contributed by atoms with E-state index in [0.29, 0.717) is 6.54 Å². The van der Waals surface area contributed by atoms with Crippen molar-refractivity contribution in [2.75, 3.05) is 6.54 Å². The lowest BCUT2D eigenvalue weighted by molar-refractivity contribution is 0.420. The minimum atomic E-state index is -0.275. The van der Waals surface area contributed by atoms with Gasteiger partial charge in [0.05, 0.1) is 23.3 Å². The second kappa shape index (κ2) is 11.8. The molecule has 2 unspecified atom stereocenters. The van der Waals surface area contributed by atoms with Gasteiger partial charge >= 0.3 is 0 Å². The molecule has 3 heterocycles. The maximum Gasteiger partial charge on any atom is 0.144 e. The number of para-hydroxylation sites is 1. The molecule has 2 atom stereocenters. The first kappa shape index (κ1) is 31.1. The van der Waals surface area contributed by atoms with Gasteiger partial charge in [0.15, 0.2) is 0 Å². The summed E-state index contributed by atoms with van der Waals surface area (Å²) in [5.41, 5.74) is 12.4. The molecule has 0 bridgehead atoms. The van der Waals surface area contributed by atoms with E-state index in [2.05, 4.69) is 192 Å². The van der Waals surface area contributed by atoms with Crippen molar-refractivity contribution in [2.24, 2.45) is 4.99 Å². The first-order valence-electron chi connectivity index (χ1n) is 18.9. The lowest BCUT2D eigenvalue weighted by Crippen LogP contribution is -2.51. The molecule has 260 valence electrons. The van der Waals surface area contributed by atoms with Gasteiger partial charge in [-0.1, -0.05) is 129 Å². The lowest BCUT2D eigenvalue weighted by Gasteiger charge is -2.34. The topological polar surface area (TPSA) is 53.4 Å². The van der Waals surface area contributed by atoms with Gasteiger partial charge in [-0.15, -0.1) is 0 Å². The van der Waals surface area contributed by atoms with Crippen LogP contribution < -0.4 is 16.0 Å². The van der Waals surface area contributed by atoms with Gasteiger partial charge in [-0.05, 0) is 91.8 Å². The highest BCUT2D eigenvalue weighted by Gasteiger charge is 2.36. The average Bonchev–Trinajstić information content (AvgIpc) is 3.67. The van der Waals surface area contributed by atoms with Crippen LogP contribution in [0.5, 0.6) is 0 Å². The SMILES string of the molecule is CC1(C)c2ccccc2-c2cc3c4ccccc4n(C4=CC=C(C5N=C(c6ccc7ccccc7c6)NC(c6ccc7ccccc7c6)N5)NC4)c3cc21. The van der Waals surface area contributed by atoms with Gasteiger partial charge in [-0.25, -0.2) is 4.99 Å². The number of hydrogen-bond acceptors (Lipinski definition) is 4. The van der Waals surface area contributed by atoms with Crippen LogP contribution in [0.1, 0.15) is 42.3 Å². The highest BCUT2D eigenvalue weighted by Crippen LogP contribution is 2.51. The van der Waals surface area contributed by atoms with Crippen molar-refractivity contribution < 1.29 is 0 Å². The van der Waals surface area contributed by atoms with Gasteiger partial charge < -0.3 is 15.2 Å². The molecule has 3 aliphatic rings. The van der Waals surface area contributed by atoms with Crippen molar-refractivity contribution in [3.63, 3.8) is 0 Å². The van der Waals surface area contributed by atoms with E-state index < -0.39 is 0 Å². The molecule has 2 aliphatic heterocycles. The van der Waals surface area contributed by atoms with Gasteiger partial charge in [-0.3, -0.25) is 5.32 Å². The minimum absolute atomic E-state index is 0.0727. The molecule has 54 heavy (non-hydrogen) atoms. The molecule has 11 rings (SSSR count). The Hall–Kier alpha value is -6.43. The predicted molar refractivity (Wildman–Crippen MR) is 225 cm³/mol. The highest BCUT2D eigenvalue weighted by molar-refractivity contribution is 6.12. The van der Waals surface area contributed by atoms with E-state index in [0.717, 1.165) is 17.1 Å². The monoisotopic (exact) mass is 697 g/mol. The zero-order valence-corrected chi connectivity index (χ0v) is 30.3. The largest absolute Gasteiger partial charge is 0.380 e. The van der Waals surface area contributed by atoms with E-state index in [1.54, 1.807) is 0 Å². The smallest absolute Gasteiger partial charge is 0.144 e. The zero-order chi connectivity index (χ0) is 36.0. The number of fused-ring (bicyclic) bond motifs is 8. The van der Waals surface area contributed by atoms with Crippen molar-refractivity contribution in [1.29, 1.82) is 0 Å². The molecule has 1 aromatic heterocycles. The molecule has 0 amide bonds. The number of nitrogens with zero attached hydrogens (tertiary/aromatic N) is 2. The summed E-state index contributed by atoms with van der Waals surface area (Å²) in [5, 5.41) is 18.8. The van der Waals surface area contributed by atoms with Gasteiger partial charge in [0.2, 0.25) is 0 Å². The minimum Gasteiger partial charge on any atom is -0.380 e. The van der Waals surface area contributed by atoms with E-state index >= 15 is 0 Å². The molecule has 5 nitrogen and oxygen atoms in total. The van der Waals surface area contributed by atoms with Crippen LogP contribution in [0.2, 0.25) is 0 Å². The van der Waals surface area contributed by atoms with E-state index in [1.165, 1.54) is 76.9 Å². The Balaban J connectivity index is 1.01. The number of aromatic nitrogens is 1. The molecule has 8 aromatic rings. The Kier molecular flexibility index (Phi) is 6.80. The van der Waals surface area contributed by atoms with E-state index in [-0.39, 0.29) is 17.7 Å². The predicted octanol–water partition coefficient (Wildman–Crippen LogP) is 10.4. The maximum atomic E-state index is 5.31. The molecular formula is C49H39N5. The first-order chi connectivity index (χ1) is 26.5. The quantitative estimate of drug-likeness (QED) is 0.172. The third-order valence-corrected chi connectivity index (χ3v) is 11.9. The van der Waals surface area contributed by atoms with Crippen LogP contribution in [0.3, 0.4) is 0 Å². The molecule has 7 aromatic carbocycles. The molecule has 0 saturated heterocycles. The Bertz CT molecular complexity index is 2940. The Morgan fingerprint density at radius 3 is 2.15 bits per heavy atom. The van der Waals surface area contributed by atoms with Crippen molar-refractivity contribution >= 4 is 54.9 Å². The van der Waals surface area contributed by atoms with Gasteiger partial charge in [0.1, 0.15) is 18.2 Å². The molecular weight excluding hydrogens is 659 g/mol. The molecule has 1 aliphatic carbocycles. The number of nitrogens with one attached hydrogen (secondary N) is 3. The van der Waals surface area contributed by atoms with Gasteiger partial charge in [-0.2, -0.15) is 0 Å². The van der Waals surface area contributed by atoms with Crippen molar-refractivity contribution in [1.82, 2.24) is 20.5 Å². The van der Waals surface area contributed by atoms with Crippen LogP contribution in [0.25, 0.3) is 60.2 Å². The lowest BCUT2D eigenvalue weighted by atomic mass is 9.82. The van der Waals surface area contributed by atoms with Crippen LogP contribution in [-0.2, 0) is 5.41 Å². The van der Waals surface area contributed by atoms with Gasteiger partial charge in [0.25, 0.3) is 0 Å². The molecule has 0 radical (unpaired) electrons. The number of dihydropyridines is 1. The fourth-order valence-electron chi connectivity index (χ4n) is 9.07. The number of aliphatic imine (C=N–C) groups is 1. The Labute approximate surface area is 314 Å². The molecule has 3 N–H and O–H groups in total. The van der Waals surface area contributed by atoms with Crippen LogP contribution in [-0.4, -0.2) is 23.1 Å². The van der Waals surface area contributed by atoms with Crippen molar-refractivity contribution in [2.45, 2.75) is 31.6 Å². The Morgan fingerprint density at radius 2 is 1.33 bits per heavy atom. The number of allylic oxidation sites excluding steroid dienone is 2. The Morgan fingerprint density at radius 1 is 0.611 bits per heavy atom. The summed E-state index contributed by atoms with van der Waals surface area (Å²) in [4.78, 5) is 5.31. The fraction of sp³-hybridized carbons (Fsp3) is 0.122. The van der Waals surface area contributed by atoms with E-state index in [1.807, 2.05) is 0 Å². The average molecular weight is 698 g/mol. The van der Waals surface area contributed by atoms with Crippen LogP contribution in [0.15, 0.2) is 168 Å². The molecule has 0 fully saturated rings. The first-order valence-corrected chi connectivity index (χ1v) is 18.9. The molecule has 5 heteroatoms. The third kappa shape index (κ3) is 4.78. The summed E-state index contributed by atoms with van der Waals surface area (Å²) in [7, 11) is 0. The second-order valence-electron chi connectivity index (χ2n) is 15.4. The van der Waals surface area contributed by atoms with Crippen molar-refractivity contribution in [3.8, 4) is 11.1 Å². The number of amidine groups is 1. The van der Waals surface area contributed by atoms with Crippen LogP contribution in [0, 0.1) is 0 Å². The van der Waals surface area contributed by atoms with E-state index in [4.69, 9.17) is 4.99 Å². The molecule has 0 saturated carbocycles. The third-order valence-electron chi connectivity index (χ3n) is 11.9. The number of benzene rings is 7. The maximum absolute atomic E-state index is 5.31. The normalized spacial score (nSPS) is 18.8. The number of rotatable bonds is 4. The van der Waals surface area contributed by atoms with Crippen LogP contribution >= 0.6 is 0 Å². The summed E-state index contributed by atoms with van der Waals surface area (Å²) >= 11 is 0. The van der Waals surface area contributed by atoms with E-state index in [9.17, 15) is 0 Å². The summed E-state index contributed by atoms with van der Waals surface area (Å²) < 4.78 is 2.46. The summed E-state index contributed by atoms with van der Waals surface area (Å²) in [6.45, 7) is 5.39. The number of hydrogen-bond donors (Lipinski definition) is 3. The van der Waals surface area contributed by atoms with Gasteiger partial charge in [0, 0.05) is 27.4 Å². The highest BCUT2D eigenvalue weighted by atomic mass is 15.3. The fourth-order valence-corrected chi connectivity index (χ4v) is 9.07. The summed E-state index contributed by atoms with van der Waals surface area (Å²) in [5.74, 6) is 0.875. The standard InChI is InChI=1S/C49H39N5/c1-49(2)41-17-9-7-15-37(41)39-27-40-38-16-8-10-18-44(38)54(45(40)28-42(39)49)36-23-24-43(50-29-36)48-52-46(34-21-19-30-11-3-5-13-32(30)25-34)51-47(53-48)35-22-20-31-12-4-6-14-33(31)26-35/h3-28,46,48,50,52H,29H2,1-2H3,(H,51,53). The zero-order valence-electron chi connectivity index (χ0n) is 30.3.